The minimum absolute atomic E-state index is 0.147. The minimum Gasteiger partial charge on any atom is -0.495 e. The van der Waals surface area contributed by atoms with E-state index in [1.807, 2.05) is 18.2 Å². The van der Waals surface area contributed by atoms with Crippen LogP contribution in [0.3, 0.4) is 0 Å². The maximum absolute atomic E-state index is 11.9. The van der Waals surface area contributed by atoms with Gasteiger partial charge in [-0.3, -0.25) is 19.4 Å². The van der Waals surface area contributed by atoms with Crippen LogP contribution in [0.4, 0.5) is 5.69 Å². The van der Waals surface area contributed by atoms with Crippen LogP contribution in [-0.2, 0) is 9.59 Å². The van der Waals surface area contributed by atoms with E-state index in [1.54, 1.807) is 14.0 Å². The Kier molecular flexibility index (Phi) is 5.38. The van der Waals surface area contributed by atoms with Crippen molar-refractivity contribution in [3.63, 3.8) is 0 Å². The first-order chi connectivity index (χ1) is 12.1. The van der Waals surface area contributed by atoms with Crippen LogP contribution < -0.4 is 9.64 Å². The van der Waals surface area contributed by atoms with Crippen molar-refractivity contribution in [2.45, 2.75) is 13.3 Å². The molecule has 2 heterocycles. The van der Waals surface area contributed by atoms with Gasteiger partial charge in [0.15, 0.2) is 0 Å². The average Bonchev–Trinajstić information content (AvgIpc) is 2.88. The van der Waals surface area contributed by atoms with Crippen LogP contribution in [-0.4, -0.2) is 68.0 Å². The van der Waals surface area contributed by atoms with Crippen LogP contribution in [0.5, 0.6) is 5.75 Å². The Morgan fingerprint density at radius 1 is 1.04 bits per heavy atom. The Morgan fingerprint density at radius 2 is 1.76 bits per heavy atom. The Balaban J connectivity index is 1.44. The molecule has 6 nitrogen and oxygen atoms in total. The molecule has 2 amide bonds. The van der Waals surface area contributed by atoms with Gasteiger partial charge in [-0.15, -0.1) is 0 Å². The van der Waals surface area contributed by atoms with Gasteiger partial charge in [-0.2, -0.15) is 0 Å². The summed E-state index contributed by atoms with van der Waals surface area (Å²) in [5.41, 5.74) is 1.68. The van der Waals surface area contributed by atoms with Gasteiger partial charge >= 0.3 is 0 Å². The van der Waals surface area contributed by atoms with Crippen LogP contribution in [0.2, 0.25) is 0 Å². The van der Waals surface area contributed by atoms with Gasteiger partial charge in [-0.05, 0) is 32.0 Å². The molecule has 134 valence electrons. The van der Waals surface area contributed by atoms with Crippen molar-refractivity contribution >= 4 is 17.5 Å². The van der Waals surface area contributed by atoms with Gasteiger partial charge in [0.2, 0.25) is 0 Å². The Labute approximate surface area is 148 Å². The topological polar surface area (TPSA) is 53.1 Å². The number of anilines is 1. The summed E-state index contributed by atoms with van der Waals surface area (Å²) >= 11 is 0. The quantitative estimate of drug-likeness (QED) is 0.733. The second kappa shape index (κ2) is 7.70. The standard InChI is InChI=1S/C19H25N3O3/c1-15-14-18(23)22(19(15)24)9-5-8-20-10-12-21(13-11-20)16-6-3-4-7-17(16)25-2/h3-4,6-7,14H,5,8-13H2,1-2H3. The monoisotopic (exact) mass is 343 g/mol. The van der Waals surface area contributed by atoms with Crippen molar-refractivity contribution < 1.29 is 14.3 Å². The van der Waals surface area contributed by atoms with Crippen molar-refractivity contribution in [1.29, 1.82) is 0 Å². The van der Waals surface area contributed by atoms with Crippen molar-refractivity contribution in [2.75, 3.05) is 51.3 Å². The van der Waals surface area contributed by atoms with E-state index in [9.17, 15) is 9.59 Å². The number of imide groups is 1. The molecule has 3 rings (SSSR count). The molecular weight excluding hydrogens is 318 g/mol. The summed E-state index contributed by atoms with van der Waals surface area (Å²) in [5, 5.41) is 0. The van der Waals surface area contributed by atoms with E-state index in [0.29, 0.717) is 12.1 Å². The number of rotatable bonds is 6. The van der Waals surface area contributed by atoms with Gasteiger partial charge in [-0.1, -0.05) is 12.1 Å². The molecule has 0 saturated carbocycles. The fourth-order valence-corrected chi connectivity index (χ4v) is 3.41. The van der Waals surface area contributed by atoms with Crippen LogP contribution >= 0.6 is 0 Å². The van der Waals surface area contributed by atoms with Gasteiger partial charge in [0.1, 0.15) is 5.75 Å². The molecule has 0 unspecified atom stereocenters. The molecule has 1 fully saturated rings. The van der Waals surface area contributed by atoms with Crippen molar-refractivity contribution in [2.24, 2.45) is 0 Å². The zero-order valence-electron chi connectivity index (χ0n) is 14.9. The molecule has 0 spiro atoms. The van der Waals surface area contributed by atoms with E-state index in [4.69, 9.17) is 4.74 Å². The number of ether oxygens (including phenoxy) is 1. The second-order valence-corrected chi connectivity index (χ2v) is 6.48. The van der Waals surface area contributed by atoms with Gasteiger partial charge in [-0.25, -0.2) is 0 Å². The van der Waals surface area contributed by atoms with Gasteiger partial charge < -0.3 is 9.64 Å². The van der Waals surface area contributed by atoms with E-state index < -0.39 is 0 Å². The molecule has 1 aromatic carbocycles. The second-order valence-electron chi connectivity index (χ2n) is 6.48. The fraction of sp³-hybridized carbons (Fsp3) is 0.474. The molecule has 25 heavy (non-hydrogen) atoms. The Morgan fingerprint density at radius 3 is 2.40 bits per heavy atom. The number of benzene rings is 1. The number of amides is 2. The smallest absolute Gasteiger partial charge is 0.256 e. The predicted molar refractivity (Wildman–Crippen MR) is 96.7 cm³/mol. The Hall–Kier alpha value is -2.34. The summed E-state index contributed by atoms with van der Waals surface area (Å²) in [4.78, 5) is 29.7. The fourth-order valence-electron chi connectivity index (χ4n) is 3.41. The van der Waals surface area contributed by atoms with Crippen LogP contribution in [0.25, 0.3) is 0 Å². The van der Waals surface area contributed by atoms with Gasteiger partial charge in [0.05, 0.1) is 12.8 Å². The van der Waals surface area contributed by atoms with Crippen LogP contribution in [0.15, 0.2) is 35.9 Å². The lowest BCUT2D eigenvalue weighted by molar-refractivity contribution is -0.137. The first-order valence-electron chi connectivity index (χ1n) is 8.74. The Bertz CT molecular complexity index is 678. The predicted octanol–water partition coefficient (Wildman–Crippen LogP) is 1.52. The van der Waals surface area contributed by atoms with E-state index in [0.717, 1.165) is 50.6 Å². The van der Waals surface area contributed by atoms with E-state index in [1.165, 1.54) is 11.0 Å². The zero-order valence-corrected chi connectivity index (χ0v) is 14.9. The molecule has 0 aromatic heterocycles. The number of hydrogen-bond acceptors (Lipinski definition) is 5. The molecule has 2 aliphatic rings. The van der Waals surface area contributed by atoms with Crippen molar-refractivity contribution in [3.05, 3.63) is 35.9 Å². The summed E-state index contributed by atoms with van der Waals surface area (Å²) in [7, 11) is 1.70. The van der Waals surface area contributed by atoms with Crippen molar-refractivity contribution in [1.82, 2.24) is 9.80 Å². The molecule has 1 saturated heterocycles. The highest BCUT2D eigenvalue weighted by molar-refractivity contribution is 6.15. The summed E-state index contributed by atoms with van der Waals surface area (Å²) in [5.74, 6) is 0.583. The molecule has 0 radical (unpaired) electrons. The maximum Gasteiger partial charge on any atom is 0.256 e. The van der Waals surface area contributed by atoms with E-state index in [2.05, 4.69) is 15.9 Å². The average molecular weight is 343 g/mol. The number of piperazine rings is 1. The normalized spacial score (nSPS) is 18.7. The molecule has 1 aromatic rings. The molecule has 0 atom stereocenters. The van der Waals surface area contributed by atoms with Gasteiger partial charge in [0, 0.05) is 44.4 Å². The zero-order chi connectivity index (χ0) is 17.8. The lowest BCUT2D eigenvalue weighted by atomic mass is 10.2. The number of carbonyl (C=O) groups excluding carboxylic acids is 2. The lowest BCUT2D eigenvalue weighted by Gasteiger charge is -2.36. The summed E-state index contributed by atoms with van der Waals surface area (Å²) in [6.07, 6.45) is 2.24. The first kappa shape index (κ1) is 17.5. The highest BCUT2D eigenvalue weighted by Gasteiger charge is 2.28. The summed E-state index contributed by atoms with van der Waals surface area (Å²) < 4.78 is 5.45. The third-order valence-electron chi connectivity index (χ3n) is 4.84. The maximum atomic E-state index is 11.9. The summed E-state index contributed by atoms with van der Waals surface area (Å²) in [6, 6.07) is 8.09. The first-order valence-corrected chi connectivity index (χ1v) is 8.74. The number of methoxy groups -OCH3 is 1. The van der Waals surface area contributed by atoms with Gasteiger partial charge in [0.25, 0.3) is 11.8 Å². The molecule has 0 aliphatic carbocycles. The largest absolute Gasteiger partial charge is 0.495 e. The molecule has 0 N–H and O–H groups in total. The minimum atomic E-state index is -0.177. The number of nitrogens with zero attached hydrogens (tertiary/aromatic N) is 3. The lowest BCUT2D eigenvalue weighted by Crippen LogP contribution is -2.47. The number of carbonyl (C=O) groups is 2. The number of hydrogen-bond donors (Lipinski definition) is 0. The third kappa shape index (κ3) is 3.85. The van der Waals surface area contributed by atoms with Crippen LogP contribution in [0.1, 0.15) is 13.3 Å². The molecular formula is C19H25N3O3. The van der Waals surface area contributed by atoms with Crippen LogP contribution in [0, 0.1) is 0 Å². The number of para-hydroxylation sites is 2. The highest BCUT2D eigenvalue weighted by Crippen LogP contribution is 2.28. The molecule has 2 aliphatic heterocycles. The SMILES string of the molecule is COc1ccccc1N1CCN(CCCN2C(=O)C=C(C)C2=O)CC1. The van der Waals surface area contributed by atoms with E-state index in [-0.39, 0.29) is 11.8 Å². The van der Waals surface area contributed by atoms with E-state index >= 15 is 0 Å². The highest BCUT2D eigenvalue weighted by atomic mass is 16.5. The molecule has 6 heteroatoms. The summed E-state index contributed by atoms with van der Waals surface area (Å²) in [6.45, 7) is 6.92. The van der Waals surface area contributed by atoms with Crippen molar-refractivity contribution in [3.8, 4) is 5.75 Å². The third-order valence-corrected chi connectivity index (χ3v) is 4.84. The molecule has 0 bridgehead atoms.